The van der Waals surface area contributed by atoms with E-state index in [1.54, 1.807) is 24.3 Å². The molecule has 0 saturated carbocycles. The maximum Gasteiger partial charge on any atom is 0.257 e. The highest BCUT2D eigenvalue weighted by molar-refractivity contribution is 7.99. The molecular formula is C13H11ClN2O3S. The Bertz CT molecular complexity index is 698. The van der Waals surface area contributed by atoms with Gasteiger partial charge in [0, 0.05) is 17.6 Å². The summed E-state index contributed by atoms with van der Waals surface area (Å²) in [6.45, 7) is 0. The van der Waals surface area contributed by atoms with Crippen molar-refractivity contribution in [3.8, 4) is 5.88 Å². The van der Waals surface area contributed by atoms with Gasteiger partial charge in [-0.2, -0.15) is 4.98 Å². The number of ketones is 1. The molecule has 0 amide bonds. The SMILES string of the molecule is Cn1c(SCC(=O)c2ccc(Cl)cc2)nc(O)cc1=O. The number of carbonyl (C=O) groups is 1. The smallest absolute Gasteiger partial charge is 0.257 e. The fourth-order valence-electron chi connectivity index (χ4n) is 1.49. The van der Waals surface area contributed by atoms with Crippen molar-refractivity contribution < 1.29 is 9.90 Å². The number of Topliss-reactive ketones (excluding diaryl/α,β-unsaturated/α-hetero) is 1. The van der Waals surface area contributed by atoms with Crippen molar-refractivity contribution in [3.63, 3.8) is 0 Å². The molecule has 1 heterocycles. The second kappa shape index (κ2) is 6.11. The molecule has 0 fully saturated rings. The first-order valence-electron chi connectivity index (χ1n) is 5.66. The van der Waals surface area contributed by atoms with Gasteiger partial charge in [0.15, 0.2) is 10.9 Å². The Morgan fingerprint density at radius 1 is 1.40 bits per heavy atom. The molecule has 0 spiro atoms. The molecule has 1 aromatic heterocycles. The lowest BCUT2D eigenvalue weighted by Gasteiger charge is -2.06. The lowest BCUT2D eigenvalue weighted by atomic mass is 10.1. The van der Waals surface area contributed by atoms with Crippen molar-refractivity contribution in [2.24, 2.45) is 7.05 Å². The fourth-order valence-corrected chi connectivity index (χ4v) is 2.48. The lowest BCUT2D eigenvalue weighted by Crippen LogP contribution is -2.18. The Kier molecular flexibility index (Phi) is 4.46. The molecule has 0 atom stereocenters. The molecule has 20 heavy (non-hydrogen) atoms. The minimum Gasteiger partial charge on any atom is -0.493 e. The van der Waals surface area contributed by atoms with Crippen molar-refractivity contribution in [2.45, 2.75) is 5.16 Å². The van der Waals surface area contributed by atoms with E-state index < -0.39 is 0 Å². The number of benzene rings is 1. The van der Waals surface area contributed by atoms with E-state index in [9.17, 15) is 14.7 Å². The number of hydrogen-bond donors (Lipinski definition) is 1. The molecular weight excluding hydrogens is 300 g/mol. The Balaban J connectivity index is 2.11. The van der Waals surface area contributed by atoms with Crippen LogP contribution in [0.3, 0.4) is 0 Å². The van der Waals surface area contributed by atoms with Crippen LogP contribution in [0.15, 0.2) is 40.3 Å². The van der Waals surface area contributed by atoms with Crippen LogP contribution in [0.25, 0.3) is 0 Å². The summed E-state index contributed by atoms with van der Waals surface area (Å²) in [5.41, 5.74) is 0.158. The summed E-state index contributed by atoms with van der Waals surface area (Å²) in [5, 5.41) is 10.1. The first-order chi connectivity index (χ1) is 9.47. The largest absolute Gasteiger partial charge is 0.493 e. The van der Waals surface area contributed by atoms with Gasteiger partial charge in [0.2, 0.25) is 5.88 Å². The number of rotatable bonds is 4. The third kappa shape index (κ3) is 3.40. The molecule has 0 aliphatic carbocycles. The zero-order valence-electron chi connectivity index (χ0n) is 10.5. The first-order valence-corrected chi connectivity index (χ1v) is 7.02. The van der Waals surface area contributed by atoms with Gasteiger partial charge in [0.1, 0.15) is 0 Å². The van der Waals surface area contributed by atoms with E-state index in [1.807, 2.05) is 0 Å². The molecule has 1 N–H and O–H groups in total. The molecule has 2 rings (SSSR count). The van der Waals surface area contributed by atoms with Crippen molar-refractivity contribution in [2.75, 3.05) is 5.75 Å². The summed E-state index contributed by atoms with van der Waals surface area (Å²) in [6.07, 6.45) is 0. The van der Waals surface area contributed by atoms with Crippen molar-refractivity contribution in [3.05, 3.63) is 51.3 Å². The van der Waals surface area contributed by atoms with E-state index in [-0.39, 0.29) is 28.1 Å². The maximum absolute atomic E-state index is 12.0. The van der Waals surface area contributed by atoms with Gasteiger partial charge in [-0.3, -0.25) is 14.2 Å². The van der Waals surface area contributed by atoms with E-state index in [4.69, 9.17) is 11.6 Å². The molecule has 0 aliphatic rings. The van der Waals surface area contributed by atoms with E-state index in [2.05, 4.69) is 4.98 Å². The molecule has 0 radical (unpaired) electrons. The fraction of sp³-hybridized carbons (Fsp3) is 0.154. The topological polar surface area (TPSA) is 72.2 Å². The molecule has 7 heteroatoms. The zero-order valence-corrected chi connectivity index (χ0v) is 12.1. The molecule has 0 saturated heterocycles. The van der Waals surface area contributed by atoms with Gasteiger partial charge in [-0.1, -0.05) is 23.4 Å². The number of nitrogens with zero attached hydrogens (tertiary/aromatic N) is 2. The first kappa shape index (κ1) is 14.6. The molecule has 5 nitrogen and oxygen atoms in total. The normalized spacial score (nSPS) is 10.5. The summed E-state index contributed by atoms with van der Waals surface area (Å²) in [5.74, 6) is -0.343. The van der Waals surface area contributed by atoms with E-state index in [1.165, 1.54) is 11.6 Å². The van der Waals surface area contributed by atoms with Crippen LogP contribution >= 0.6 is 23.4 Å². The molecule has 2 aromatic rings. The van der Waals surface area contributed by atoms with Crippen molar-refractivity contribution in [1.29, 1.82) is 0 Å². The van der Waals surface area contributed by atoms with Gasteiger partial charge in [-0.05, 0) is 24.3 Å². The van der Waals surface area contributed by atoms with Crippen molar-refractivity contribution >= 4 is 29.1 Å². The minimum absolute atomic E-state index is 0.107. The number of halogens is 1. The second-order valence-electron chi connectivity index (χ2n) is 4.01. The summed E-state index contributed by atoms with van der Waals surface area (Å²) >= 11 is 6.84. The summed E-state index contributed by atoms with van der Waals surface area (Å²) in [6, 6.07) is 7.58. The van der Waals surface area contributed by atoms with Crippen LogP contribution < -0.4 is 5.56 Å². The van der Waals surface area contributed by atoms with E-state index in [0.29, 0.717) is 10.6 Å². The molecule has 0 bridgehead atoms. The van der Waals surface area contributed by atoms with Gasteiger partial charge < -0.3 is 5.11 Å². The highest BCUT2D eigenvalue weighted by atomic mass is 35.5. The van der Waals surface area contributed by atoms with Crippen LogP contribution in [0.1, 0.15) is 10.4 Å². The second-order valence-corrected chi connectivity index (χ2v) is 5.39. The molecule has 0 unspecified atom stereocenters. The predicted octanol–water partition coefficient (Wildman–Crippen LogP) is 2.11. The summed E-state index contributed by atoms with van der Waals surface area (Å²) in [7, 11) is 1.53. The number of aromatic hydroxyl groups is 1. The van der Waals surface area contributed by atoms with E-state index in [0.717, 1.165) is 17.8 Å². The number of hydrogen-bond acceptors (Lipinski definition) is 5. The van der Waals surface area contributed by atoms with Gasteiger partial charge in [-0.15, -0.1) is 0 Å². The lowest BCUT2D eigenvalue weighted by molar-refractivity contribution is 0.102. The van der Waals surface area contributed by atoms with E-state index >= 15 is 0 Å². The third-order valence-corrected chi connectivity index (χ3v) is 3.86. The van der Waals surface area contributed by atoms with Gasteiger partial charge in [0.05, 0.1) is 11.8 Å². The highest BCUT2D eigenvalue weighted by Crippen LogP contribution is 2.18. The summed E-state index contributed by atoms with van der Waals surface area (Å²) < 4.78 is 1.28. The van der Waals surface area contributed by atoms with Gasteiger partial charge >= 0.3 is 0 Å². The predicted molar refractivity (Wildman–Crippen MR) is 77.6 cm³/mol. The van der Waals surface area contributed by atoms with Gasteiger partial charge in [0.25, 0.3) is 5.56 Å². The minimum atomic E-state index is -0.376. The Hall–Kier alpha value is -1.79. The van der Waals surface area contributed by atoms with Crippen molar-refractivity contribution in [1.82, 2.24) is 9.55 Å². The number of aromatic nitrogens is 2. The van der Waals surface area contributed by atoms with Crippen LogP contribution in [0, 0.1) is 0 Å². The third-order valence-electron chi connectivity index (χ3n) is 2.58. The van der Waals surface area contributed by atoms with Crippen LogP contribution in [-0.4, -0.2) is 26.2 Å². The van der Waals surface area contributed by atoms with Crippen LogP contribution in [-0.2, 0) is 7.05 Å². The van der Waals surface area contributed by atoms with Gasteiger partial charge in [-0.25, -0.2) is 0 Å². The quantitative estimate of drug-likeness (QED) is 0.532. The van der Waals surface area contributed by atoms with Crippen LogP contribution in [0.2, 0.25) is 5.02 Å². The molecule has 1 aromatic carbocycles. The van der Waals surface area contributed by atoms with Crippen LogP contribution in [0.5, 0.6) is 5.88 Å². The Morgan fingerprint density at radius 2 is 2.05 bits per heavy atom. The molecule has 104 valence electrons. The van der Waals surface area contributed by atoms with Crippen LogP contribution in [0.4, 0.5) is 0 Å². The summed E-state index contributed by atoms with van der Waals surface area (Å²) in [4.78, 5) is 27.3. The highest BCUT2D eigenvalue weighted by Gasteiger charge is 2.10. The maximum atomic E-state index is 12.0. The average molecular weight is 311 g/mol. The zero-order chi connectivity index (χ0) is 14.7. The number of thioether (sulfide) groups is 1. The number of carbonyl (C=O) groups excluding carboxylic acids is 1. The standard InChI is InChI=1S/C13H11ClN2O3S/c1-16-12(19)6-11(18)15-13(16)20-7-10(17)8-2-4-9(14)5-3-8/h2-6,18H,7H2,1H3. The average Bonchev–Trinajstić information content (AvgIpc) is 2.41. The molecule has 0 aliphatic heterocycles. The monoisotopic (exact) mass is 310 g/mol. The Morgan fingerprint density at radius 3 is 2.70 bits per heavy atom. The Labute approximate surface area is 124 Å².